The summed E-state index contributed by atoms with van der Waals surface area (Å²) in [4.78, 5) is 32.3. The zero-order valence-electron chi connectivity index (χ0n) is 16.2. The van der Waals surface area contributed by atoms with Gasteiger partial charge in [-0.05, 0) is 31.0 Å². The van der Waals surface area contributed by atoms with Gasteiger partial charge >= 0.3 is 0 Å². The quantitative estimate of drug-likeness (QED) is 0.748. The van der Waals surface area contributed by atoms with Crippen LogP contribution >= 0.6 is 0 Å². The molecule has 0 spiro atoms. The van der Waals surface area contributed by atoms with Crippen molar-refractivity contribution in [2.24, 2.45) is 0 Å². The van der Waals surface area contributed by atoms with Crippen LogP contribution < -0.4 is 9.80 Å². The van der Waals surface area contributed by atoms with E-state index in [1.807, 2.05) is 23.1 Å². The van der Waals surface area contributed by atoms with Gasteiger partial charge in [-0.3, -0.25) is 4.79 Å². The van der Waals surface area contributed by atoms with Gasteiger partial charge in [0.2, 0.25) is 5.95 Å². The van der Waals surface area contributed by atoms with Gasteiger partial charge in [-0.1, -0.05) is 13.8 Å². The van der Waals surface area contributed by atoms with E-state index in [-0.39, 0.29) is 5.91 Å². The summed E-state index contributed by atoms with van der Waals surface area (Å²) in [5.74, 6) is 1.73. The molecule has 0 radical (unpaired) electrons. The van der Waals surface area contributed by atoms with Crippen LogP contribution in [0.1, 0.15) is 37.0 Å². The van der Waals surface area contributed by atoms with E-state index in [1.165, 1.54) is 0 Å². The van der Waals surface area contributed by atoms with Crippen LogP contribution in [0.15, 0.2) is 36.8 Å². The molecule has 0 bridgehead atoms. The van der Waals surface area contributed by atoms with Crippen molar-refractivity contribution in [2.45, 2.75) is 26.7 Å². The highest BCUT2D eigenvalue weighted by atomic mass is 16.2. The molecular weight excluding hydrogens is 340 g/mol. The molecule has 144 valence electrons. The van der Waals surface area contributed by atoms with Crippen molar-refractivity contribution in [1.29, 1.82) is 0 Å². The highest BCUT2D eigenvalue weighted by Gasteiger charge is 2.21. The highest BCUT2D eigenvalue weighted by Crippen LogP contribution is 2.18. The average Bonchev–Trinajstić information content (AvgIpc) is 2.74. The predicted octanol–water partition coefficient (Wildman–Crippen LogP) is 2.46. The van der Waals surface area contributed by atoms with Crippen LogP contribution in [0.3, 0.4) is 0 Å². The first-order valence-electron chi connectivity index (χ1n) is 9.75. The minimum absolute atomic E-state index is 0.0960. The highest BCUT2D eigenvalue weighted by molar-refractivity contribution is 5.94. The Bertz CT molecular complexity index is 724. The van der Waals surface area contributed by atoms with Crippen LogP contribution in [-0.4, -0.2) is 65.0 Å². The fraction of sp³-hybridized carbons (Fsp3) is 0.500. The summed E-state index contributed by atoms with van der Waals surface area (Å²) in [7, 11) is 0. The number of carbonyl (C=O) groups is 1. The number of hydrogen-bond donors (Lipinski definition) is 0. The van der Waals surface area contributed by atoms with Crippen molar-refractivity contribution in [3.05, 3.63) is 42.4 Å². The molecule has 2 aromatic rings. The molecule has 3 heterocycles. The summed E-state index contributed by atoms with van der Waals surface area (Å²) in [6, 6.07) is 5.57. The van der Waals surface area contributed by atoms with E-state index in [0.29, 0.717) is 0 Å². The van der Waals surface area contributed by atoms with E-state index in [2.05, 4.69) is 38.6 Å². The molecule has 0 N–H and O–H groups in total. The maximum Gasteiger partial charge on any atom is 0.254 e. The van der Waals surface area contributed by atoms with Crippen molar-refractivity contribution < 1.29 is 4.79 Å². The van der Waals surface area contributed by atoms with Crippen LogP contribution in [0.5, 0.6) is 0 Å². The fourth-order valence-corrected chi connectivity index (χ4v) is 3.35. The lowest BCUT2D eigenvalue weighted by molar-refractivity contribution is 0.0755. The molecule has 1 aliphatic rings. The Kier molecular flexibility index (Phi) is 6.57. The van der Waals surface area contributed by atoms with E-state index >= 15 is 0 Å². The molecule has 0 saturated carbocycles. The molecular formula is C20H28N6O. The standard InChI is InChI=1S/C20H28N6O/c1-3-10-25(11-4-2)19(27)17-6-9-21-18(16-17)24-12-14-26(15-13-24)20-22-7-5-8-23-20/h5-9,16H,3-4,10-15H2,1-2H3. The molecule has 1 amide bonds. The molecule has 1 fully saturated rings. The van der Waals surface area contributed by atoms with Crippen LogP contribution in [0.2, 0.25) is 0 Å². The SMILES string of the molecule is CCCN(CCC)C(=O)c1ccnc(N2CCN(c3ncccn3)CC2)c1. The molecule has 0 atom stereocenters. The van der Waals surface area contributed by atoms with Crippen LogP contribution in [0.25, 0.3) is 0 Å². The van der Waals surface area contributed by atoms with Crippen molar-refractivity contribution in [3.8, 4) is 0 Å². The second-order valence-corrected chi connectivity index (χ2v) is 6.72. The van der Waals surface area contributed by atoms with Crippen molar-refractivity contribution in [2.75, 3.05) is 49.1 Å². The summed E-state index contributed by atoms with van der Waals surface area (Å²) in [5.41, 5.74) is 0.718. The van der Waals surface area contributed by atoms with Crippen LogP contribution in [-0.2, 0) is 0 Å². The minimum atomic E-state index is 0.0960. The molecule has 2 aromatic heterocycles. The predicted molar refractivity (Wildman–Crippen MR) is 107 cm³/mol. The van der Waals surface area contributed by atoms with Gasteiger partial charge in [0, 0.05) is 63.4 Å². The Morgan fingerprint density at radius 1 is 0.963 bits per heavy atom. The van der Waals surface area contributed by atoms with E-state index < -0.39 is 0 Å². The van der Waals surface area contributed by atoms with Crippen molar-refractivity contribution >= 4 is 17.7 Å². The van der Waals surface area contributed by atoms with Gasteiger partial charge in [0.25, 0.3) is 5.91 Å². The molecule has 1 aliphatic heterocycles. The Morgan fingerprint density at radius 2 is 1.59 bits per heavy atom. The van der Waals surface area contributed by atoms with Crippen molar-refractivity contribution in [3.63, 3.8) is 0 Å². The third-order valence-electron chi connectivity index (χ3n) is 4.71. The van der Waals surface area contributed by atoms with Gasteiger partial charge in [0.15, 0.2) is 0 Å². The smallest absolute Gasteiger partial charge is 0.254 e. The van der Waals surface area contributed by atoms with Gasteiger partial charge in [0.05, 0.1) is 0 Å². The lowest BCUT2D eigenvalue weighted by atomic mass is 10.2. The number of anilines is 2. The maximum atomic E-state index is 12.9. The minimum Gasteiger partial charge on any atom is -0.353 e. The summed E-state index contributed by atoms with van der Waals surface area (Å²) in [5, 5.41) is 0. The number of nitrogens with zero attached hydrogens (tertiary/aromatic N) is 6. The van der Waals surface area contributed by atoms with Gasteiger partial charge in [-0.15, -0.1) is 0 Å². The van der Waals surface area contributed by atoms with E-state index in [9.17, 15) is 4.79 Å². The van der Waals surface area contributed by atoms with Crippen LogP contribution in [0.4, 0.5) is 11.8 Å². The third kappa shape index (κ3) is 4.72. The first-order chi connectivity index (χ1) is 13.2. The van der Waals surface area contributed by atoms with Gasteiger partial charge in [-0.2, -0.15) is 0 Å². The first-order valence-corrected chi connectivity index (χ1v) is 9.75. The lowest BCUT2D eigenvalue weighted by Crippen LogP contribution is -2.47. The summed E-state index contributed by atoms with van der Waals surface area (Å²) < 4.78 is 0. The summed E-state index contributed by atoms with van der Waals surface area (Å²) in [6.45, 7) is 9.12. The molecule has 1 saturated heterocycles. The number of rotatable bonds is 7. The Hall–Kier alpha value is -2.70. The zero-order chi connectivity index (χ0) is 19.1. The Labute approximate surface area is 161 Å². The monoisotopic (exact) mass is 368 g/mol. The number of piperazine rings is 1. The molecule has 7 nitrogen and oxygen atoms in total. The largest absolute Gasteiger partial charge is 0.353 e. The summed E-state index contributed by atoms with van der Waals surface area (Å²) >= 11 is 0. The number of amides is 1. The second kappa shape index (κ2) is 9.30. The van der Waals surface area contributed by atoms with E-state index in [0.717, 1.165) is 69.4 Å². The number of pyridine rings is 1. The first kappa shape index (κ1) is 19.1. The third-order valence-corrected chi connectivity index (χ3v) is 4.71. The zero-order valence-corrected chi connectivity index (χ0v) is 16.2. The van der Waals surface area contributed by atoms with Gasteiger partial charge in [0.1, 0.15) is 5.82 Å². The molecule has 0 unspecified atom stereocenters. The topological polar surface area (TPSA) is 65.5 Å². The fourth-order valence-electron chi connectivity index (χ4n) is 3.35. The molecule has 0 aromatic carbocycles. The maximum absolute atomic E-state index is 12.9. The Balaban J connectivity index is 1.66. The Morgan fingerprint density at radius 3 is 2.22 bits per heavy atom. The van der Waals surface area contributed by atoms with E-state index in [1.54, 1.807) is 18.6 Å². The second-order valence-electron chi connectivity index (χ2n) is 6.72. The summed E-state index contributed by atoms with van der Waals surface area (Å²) in [6.07, 6.45) is 7.21. The number of hydrogen-bond acceptors (Lipinski definition) is 6. The van der Waals surface area contributed by atoms with E-state index in [4.69, 9.17) is 0 Å². The molecule has 7 heteroatoms. The van der Waals surface area contributed by atoms with Gasteiger partial charge in [-0.25, -0.2) is 15.0 Å². The number of aromatic nitrogens is 3. The average molecular weight is 368 g/mol. The molecule has 3 rings (SSSR count). The normalized spacial score (nSPS) is 14.3. The van der Waals surface area contributed by atoms with Crippen molar-refractivity contribution in [1.82, 2.24) is 19.9 Å². The molecule has 27 heavy (non-hydrogen) atoms. The van der Waals surface area contributed by atoms with Crippen LogP contribution in [0, 0.1) is 0 Å². The lowest BCUT2D eigenvalue weighted by Gasteiger charge is -2.35. The van der Waals surface area contributed by atoms with Gasteiger partial charge < -0.3 is 14.7 Å². The molecule has 0 aliphatic carbocycles. The number of carbonyl (C=O) groups excluding carboxylic acids is 1.